The first kappa shape index (κ1) is 14.3. The van der Waals surface area contributed by atoms with E-state index in [0.717, 1.165) is 5.57 Å². The van der Waals surface area contributed by atoms with Crippen LogP contribution in [-0.4, -0.2) is 16.0 Å². The van der Waals surface area contributed by atoms with E-state index in [1.807, 2.05) is 33.8 Å². The second-order valence-corrected chi connectivity index (χ2v) is 5.14. The third kappa shape index (κ3) is 3.36. The van der Waals surface area contributed by atoms with Gasteiger partial charge in [-0.1, -0.05) is 31.6 Å². The molecule has 0 bridgehead atoms. The van der Waals surface area contributed by atoms with E-state index in [0.29, 0.717) is 12.0 Å². The minimum atomic E-state index is -0.225. The van der Waals surface area contributed by atoms with Gasteiger partial charge in [0, 0.05) is 12.0 Å². The van der Waals surface area contributed by atoms with Crippen molar-refractivity contribution in [1.29, 1.82) is 0 Å². The van der Waals surface area contributed by atoms with Crippen LogP contribution in [0, 0.1) is 5.92 Å². The van der Waals surface area contributed by atoms with E-state index >= 15 is 0 Å². The number of rotatable bonds is 4. The highest BCUT2D eigenvalue weighted by molar-refractivity contribution is 6.01. The van der Waals surface area contributed by atoms with Crippen LogP contribution in [0.2, 0.25) is 0 Å². The molecule has 0 aliphatic heterocycles. The van der Waals surface area contributed by atoms with Gasteiger partial charge in [0.2, 0.25) is 0 Å². The average Bonchev–Trinajstić information content (AvgIpc) is 2.49. The first-order chi connectivity index (χ1) is 8.32. The van der Waals surface area contributed by atoms with E-state index < -0.39 is 0 Å². The van der Waals surface area contributed by atoms with Gasteiger partial charge < -0.3 is 10.2 Å². The molecule has 0 heterocycles. The Morgan fingerprint density at radius 1 is 1.33 bits per heavy atom. The standard InChI is InChI=1S/C15H20O3/c1-9(2)5-6-11-8-13(17)14(15(11)18)12(16)7-10(3)4/h5-6,8,10,17-18H,7H2,1-4H3/b11-6+. The molecule has 1 aliphatic carbocycles. The maximum absolute atomic E-state index is 11.9. The normalized spacial score (nSPS) is 17.4. The SMILES string of the molecule is CC(C)=C/C=C1\C=C(O)C(C(=O)CC(C)C)=C1O. The summed E-state index contributed by atoms with van der Waals surface area (Å²) < 4.78 is 0. The fourth-order valence-corrected chi connectivity index (χ4v) is 1.68. The van der Waals surface area contributed by atoms with Gasteiger partial charge in [0.1, 0.15) is 17.1 Å². The number of carbonyl (C=O) groups excluding carboxylic acids is 1. The van der Waals surface area contributed by atoms with Crippen LogP contribution in [0.3, 0.4) is 0 Å². The highest BCUT2D eigenvalue weighted by atomic mass is 16.3. The second-order valence-electron chi connectivity index (χ2n) is 5.14. The summed E-state index contributed by atoms with van der Waals surface area (Å²) in [6, 6.07) is 0. The lowest BCUT2D eigenvalue weighted by Crippen LogP contribution is -2.08. The molecule has 3 nitrogen and oxygen atoms in total. The van der Waals surface area contributed by atoms with Crippen LogP contribution in [0.4, 0.5) is 0 Å². The molecule has 3 heteroatoms. The van der Waals surface area contributed by atoms with Gasteiger partial charge in [-0.05, 0) is 25.8 Å². The molecule has 0 radical (unpaired) electrons. The fraction of sp³-hybridized carbons (Fsp3) is 0.400. The molecule has 0 spiro atoms. The molecule has 0 saturated heterocycles. The molecule has 1 aliphatic rings. The van der Waals surface area contributed by atoms with E-state index in [9.17, 15) is 15.0 Å². The number of aliphatic hydroxyl groups is 2. The van der Waals surface area contributed by atoms with Gasteiger partial charge in [-0.3, -0.25) is 4.79 Å². The lowest BCUT2D eigenvalue weighted by Gasteiger charge is -2.05. The third-order valence-corrected chi connectivity index (χ3v) is 2.53. The highest BCUT2D eigenvalue weighted by Crippen LogP contribution is 2.29. The lowest BCUT2D eigenvalue weighted by atomic mass is 10.0. The first-order valence-corrected chi connectivity index (χ1v) is 6.06. The van der Waals surface area contributed by atoms with Gasteiger partial charge >= 0.3 is 0 Å². The first-order valence-electron chi connectivity index (χ1n) is 6.06. The number of hydrogen-bond donors (Lipinski definition) is 2. The Morgan fingerprint density at radius 3 is 2.44 bits per heavy atom. The van der Waals surface area contributed by atoms with Crippen LogP contribution in [-0.2, 0) is 4.79 Å². The molecule has 0 aromatic rings. The third-order valence-electron chi connectivity index (χ3n) is 2.53. The van der Waals surface area contributed by atoms with Crippen LogP contribution >= 0.6 is 0 Å². The molecule has 1 rings (SSSR count). The lowest BCUT2D eigenvalue weighted by molar-refractivity contribution is -0.116. The van der Waals surface area contributed by atoms with Gasteiger partial charge in [0.05, 0.1) is 0 Å². The van der Waals surface area contributed by atoms with Crippen molar-refractivity contribution in [3.63, 3.8) is 0 Å². The average molecular weight is 248 g/mol. The van der Waals surface area contributed by atoms with Crippen LogP contribution in [0.25, 0.3) is 0 Å². The molecule has 0 fully saturated rings. The summed E-state index contributed by atoms with van der Waals surface area (Å²) in [5.41, 5.74) is 1.59. The zero-order chi connectivity index (χ0) is 13.9. The minimum absolute atomic E-state index is 0.0390. The quantitative estimate of drug-likeness (QED) is 0.796. The van der Waals surface area contributed by atoms with Crippen molar-refractivity contribution in [1.82, 2.24) is 0 Å². The summed E-state index contributed by atoms with van der Waals surface area (Å²) in [7, 11) is 0. The Hall–Kier alpha value is -1.77. The van der Waals surface area contributed by atoms with E-state index in [4.69, 9.17) is 0 Å². The predicted octanol–water partition coefficient (Wildman–Crippen LogP) is 3.76. The highest BCUT2D eigenvalue weighted by Gasteiger charge is 2.26. The smallest absolute Gasteiger partial charge is 0.170 e. The van der Waals surface area contributed by atoms with E-state index in [1.54, 1.807) is 6.08 Å². The molecule has 0 saturated carbocycles. The Bertz CT molecular complexity index is 470. The zero-order valence-corrected chi connectivity index (χ0v) is 11.3. The van der Waals surface area contributed by atoms with Crippen LogP contribution in [0.15, 0.2) is 46.5 Å². The monoisotopic (exact) mass is 248 g/mol. The van der Waals surface area contributed by atoms with Crippen LogP contribution in [0.1, 0.15) is 34.1 Å². The molecule has 0 amide bonds. The maximum atomic E-state index is 11.9. The second kappa shape index (κ2) is 5.71. The minimum Gasteiger partial charge on any atom is -0.507 e. The van der Waals surface area contributed by atoms with Gasteiger partial charge in [-0.25, -0.2) is 0 Å². The zero-order valence-electron chi connectivity index (χ0n) is 11.3. The van der Waals surface area contributed by atoms with Gasteiger partial charge in [-0.15, -0.1) is 0 Å². The number of allylic oxidation sites excluding steroid dienone is 5. The van der Waals surface area contributed by atoms with Gasteiger partial charge in [0.15, 0.2) is 5.78 Å². The Morgan fingerprint density at radius 2 is 1.94 bits per heavy atom. The summed E-state index contributed by atoms with van der Waals surface area (Å²) in [5.74, 6) is -0.310. The van der Waals surface area contributed by atoms with E-state index in [2.05, 4.69) is 0 Å². The summed E-state index contributed by atoms with van der Waals surface area (Å²) in [5, 5.41) is 19.7. The number of ketones is 1. The fourth-order valence-electron chi connectivity index (χ4n) is 1.68. The van der Waals surface area contributed by atoms with E-state index in [1.165, 1.54) is 6.08 Å². The largest absolute Gasteiger partial charge is 0.507 e. The van der Waals surface area contributed by atoms with Gasteiger partial charge in [-0.2, -0.15) is 0 Å². The van der Waals surface area contributed by atoms with E-state index in [-0.39, 0.29) is 28.8 Å². The number of hydrogen-bond acceptors (Lipinski definition) is 3. The molecule has 18 heavy (non-hydrogen) atoms. The summed E-state index contributed by atoms with van der Waals surface area (Å²) in [6.45, 7) is 7.71. The van der Waals surface area contributed by atoms with Crippen molar-refractivity contribution >= 4 is 5.78 Å². The molecular weight excluding hydrogens is 228 g/mol. The van der Waals surface area contributed by atoms with Crippen molar-refractivity contribution in [2.45, 2.75) is 34.1 Å². The van der Waals surface area contributed by atoms with Crippen molar-refractivity contribution in [2.75, 3.05) is 0 Å². The molecule has 0 aromatic heterocycles. The van der Waals surface area contributed by atoms with Crippen LogP contribution < -0.4 is 0 Å². The molecular formula is C15H20O3. The van der Waals surface area contributed by atoms with Crippen molar-refractivity contribution < 1.29 is 15.0 Å². The van der Waals surface area contributed by atoms with Gasteiger partial charge in [0.25, 0.3) is 0 Å². The summed E-state index contributed by atoms with van der Waals surface area (Å²) in [4.78, 5) is 11.9. The van der Waals surface area contributed by atoms with Crippen LogP contribution in [0.5, 0.6) is 0 Å². The summed E-state index contributed by atoms with van der Waals surface area (Å²) >= 11 is 0. The molecule has 0 unspecified atom stereocenters. The number of carbonyl (C=O) groups is 1. The Balaban J connectivity index is 3.06. The maximum Gasteiger partial charge on any atom is 0.170 e. The topological polar surface area (TPSA) is 57.5 Å². The molecule has 0 aromatic carbocycles. The predicted molar refractivity (Wildman–Crippen MR) is 72.3 cm³/mol. The number of Topliss-reactive ketones (excluding diaryl/α,β-unsaturated/α-hetero) is 1. The van der Waals surface area contributed by atoms with Crippen molar-refractivity contribution in [2.24, 2.45) is 5.92 Å². The molecule has 0 atom stereocenters. The molecule has 98 valence electrons. The molecule has 2 N–H and O–H groups in total. The Labute approximate surface area is 108 Å². The summed E-state index contributed by atoms with van der Waals surface area (Å²) in [6.07, 6.45) is 5.25. The Kier molecular flexibility index (Phi) is 4.54. The number of aliphatic hydroxyl groups excluding tert-OH is 2. The van der Waals surface area contributed by atoms with Crippen molar-refractivity contribution in [3.05, 3.63) is 46.5 Å². The van der Waals surface area contributed by atoms with Crippen molar-refractivity contribution in [3.8, 4) is 0 Å².